The molecule has 12 nitrogen and oxygen atoms in total. The number of piperazine rings is 4. The molecule has 0 atom stereocenters. The van der Waals surface area contributed by atoms with Gasteiger partial charge in [0.1, 0.15) is 0 Å². The van der Waals surface area contributed by atoms with Crippen LogP contribution in [-0.4, -0.2) is 192 Å². The van der Waals surface area contributed by atoms with Gasteiger partial charge < -0.3 is 19.6 Å². The van der Waals surface area contributed by atoms with Crippen molar-refractivity contribution in [3.05, 3.63) is 379 Å². The molecule has 0 saturated carbocycles. The highest BCUT2D eigenvalue weighted by Gasteiger charge is 2.26. The van der Waals surface area contributed by atoms with Crippen LogP contribution in [0, 0.1) is 20.8 Å². The fraction of sp³-hybridized carbons (Fsp3) is 0.290. The van der Waals surface area contributed by atoms with Gasteiger partial charge >= 0.3 is 0 Å². The molecule has 0 unspecified atom stereocenters. The third-order valence-electron chi connectivity index (χ3n) is 25.4. The SMILES string of the molecule is CN1CCN(Cc2ccc(-c3cnc4c(c3)C(c3ccccc3)=CC4)cc2)CC1.Cc1cc(Cl)ccc1C1=CCc2ncc(-c3ccc(CN4CCN(C)CC4)cc3)cc21.Cc1cccc(C2=CCc3ncc(-c4ccc(CN5CCN(C)CC5)cc4)cc32)c1.Cc1cccc(C2=CCc3ncc(-c4ccc(CN5CCN(C)CC5)cc4)cc32)c1. The molecular weight excluding hydrogens is 1490 g/mol. The maximum atomic E-state index is 6.17. The Morgan fingerprint density at radius 2 is 0.533 bits per heavy atom. The van der Waals surface area contributed by atoms with Gasteiger partial charge in [-0.15, -0.1) is 0 Å². The molecule has 608 valence electrons. The Balaban J connectivity index is 0.000000114. The van der Waals surface area contributed by atoms with Crippen LogP contribution < -0.4 is 0 Å². The van der Waals surface area contributed by atoms with Gasteiger partial charge in [0, 0.05) is 231 Å². The van der Waals surface area contributed by atoms with E-state index in [-0.39, 0.29) is 0 Å². The summed E-state index contributed by atoms with van der Waals surface area (Å²) in [7, 11) is 8.81. The van der Waals surface area contributed by atoms with Crippen LogP contribution in [0.1, 0.15) is 106 Å². The predicted octanol–water partition coefficient (Wildman–Crippen LogP) is 19.5. The molecule has 8 heterocycles. The van der Waals surface area contributed by atoms with E-state index in [9.17, 15) is 0 Å². The quantitative estimate of drug-likeness (QED) is 0.0925. The third kappa shape index (κ3) is 20.0. The fourth-order valence-corrected chi connectivity index (χ4v) is 18.2. The van der Waals surface area contributed by atoms with Crippen molar-refractivity contribution in [2.24, 2.45) is 0 Å². The Morgan fingerprint density at radius 3 is 0.833 bits per heavy atom. The summed E-state index contributed by atoms with van der Waals surface area (Å²) in [6, 6.07) is 79.7. The lowest BCUT2D eigenvalue weighted by Crippen LogP contribution is -2.43. The summed E-state index contributed by atoms with van der Waals surface area (Å²) in [6.45, 7) is 29.1. The van der Waals surface area contributed by atoms with Crippen LogP contribution in [0.25, 0.3) is 66.8 Å². The molecule has 0 bridgehead atoms. The van der Waals surface area contributed by atoms with Crippen molar-refractivity contribution in [3.8, 4) is 44.5 Å². The lowest BCUT2D eigenvalue weighted by Gasteiger charge is -2.32. The second-order valence-corrected chi connectivity index (χ2v) is 34.8. The smallest absolute Gasteiger partial charge is 0.0520 e. The molecule has 8 aromatic carbocycles. The van der Waals surface area contributed by atoms with Crippen molar-refractivity contribution >= 4 is 33.9 Å². The number of aryl methyl sites for hydroxylation is 3. The third-order valence-corrected chi connectivity index (χ3v) is 25.7. The highest BCUT2D eigenvalue weighted by molar-refractivity contribution is 6.30. The van der Waals surface area contributed by atoms with Crippen molar-refractivity contribution in [1.29, 1.82) is 0 Å². The predicted molar refractivity (Wildman–Crippen MR) is 498 cm³/mol. The molecule has 8 aliphatic rings. The Kier molecular flexibility index (Phi) is 25.8. The first-order chi connectivity index (χ1) is 58.6. The highest BCUT2D eigenvalue weighted by Crippen LogP contribution is 2.41. The average Bonchev–Trinajstić information content (AvgIpc) is 1.65. The lowest BCUT2D eigenvalue weighted by atomic mass is 9.95. The molecule has 4 aromatic heterocycles. The molecule has 0 radical (unpaired) electrons. The molecule has 0 spiro atoms. The Hall–Kier alpha value is -10.7. The number of nitrogens with zero attached hydrogens (tertiary/aromatic N) is 12. The van der Waals surface area contributed by atoms with Crippen molar-refractivity contribution in [2.75, 3.05) is 133 Å². The zero-order valence-electron chi connectivity index (χ0n) is 71.1. The Bertz CT molecular complexity index is 5520. The standard InChI is InChI=1S/C27H28ClN3.2C27H29N3.C26H27N3/c1-19-15-23(28)7-8-24(19)25-9-10-27-26(25)16-22(17-29-27)21-5-3-20(4-6-21)18-31-13-11-30(2)12-14-31;2*1-20-4-3-5-23(16-20)25-10-11-27-26(25)17-24(18-28-27)22-8-6-21(7-9-22)19-30-14-12-29(2)13-15-30;1-28-13-15-29(16-14-28)19-20-7-9-21(10-8-20)23-17-25-24(11-12-26(25)27-18-23)22-5-3-2-4-6-22/h3-9,15-17H,10-14,18H2,1-2H3;2*3-10,16-18H,11-15,19H2,1-2H3;2-11,17-18H,12-16,19H2,1H3. The number of halogens is 1. The second-order valence-electron chi connectivity index (χ2n) is 34.3. The van der Waals surface area contributed by atoms with Gasteiger partial charge in [0.15, 0.2) is 0 Å². The monoisotopic (exact) mass is 1600 g/mol. The summed E-state index contributed by atoms with van der Waals surface area (Å²) < 4.78 is 0. The topological polar surface area (TPSA) is 77.5 Å². The van der Waals surface area contributed by atoms with Gasteiger partial charge in [-0.25, -0.2) is 0 Å². The van der Waals surface area contributed by atoms with Gasteiger partial charge in [0.05, 0.1) is 22.8 Å². The van der Waals surface area contributed by atoms with Crippen molar-refractivity contribution < 1.29 is 0 Å². The van der Waals surface area contributed by atoms with Crippen molar-refractivity contribution in [3.63, 3.8) is 0 Å². The van der Waals surface area contributed by atoms with E-state index in [0.29, 0.717) is 0 Å². The largest absolute Gasteiger partial charge is 0.304 e. The average molecular weight is 1600 g/mol. The normalized spacial score (nSPS) is 17.1. The number of aromatic nitrogens is 4. The number of hydrogen-bond acceptors (Lipinski definition) is 12. The molecule has 4 fully saturated rings. The van der Waals surface area contributed by atoms with Crippen molar-refractivity contribution in [1.82, 2.24) is 59.1 Å². The lowest BCUT2D eigenvalue weighted by molar-refractivity contribution is 0.148. The summed E-state index contributed by atoms with van der Waals surface area (Å²) in [5.41, 5.74) is 39.1. The maximum Gasteiger partial charge on any atom is 0.0520 e. The van der Waals surface area contributed by atoms with E-state index in [1.54, 1.807) is 0 Å². The van der Waals surface area contributed by atoms with Gasteiger partial charge in [-0.2, -0.15) is 0 Å². The number of likely N-dealkylation sites (N-methyl/N-ethyl adjacent to an activating group) is 4. The molecule has 0 amide bonds. The van der Waals surface area contributed by atoms with Gasteiger partial charge in [0.25, 0.3) is 0 Å². The summed E-state index contributed by atoms with van der Waals surface area (Å²) in [6.07, 6.45) is 21.0. The van der Waals surface area contributed by atoms with Crippen LogP contribution in [0.3, 0.4) is 0 Å². The molecule has 13 heteroatoms. The van der Waals surface area contributed by atoms with Gasteiger partial charge in [0.2, 0.25) is 0 Å². The van der Waals surface area contributed by atoms with E-state index in [2.05, 4.69) is 319 Å². The number of hydrogen-bond donors (Lipinski definition) is 0. The first kappa shape index (κ1) is 81.6. The van der Waals surface area contributed by atoms with Crippen LogP contribution in [-0.2, 0) is 51.9 Å². The fourth-order valence-electron chi connectivity index (χ4n) is 17.9. The van der Waals surface area contributed by atoms with Gasteiger partial charge in [-0.3, -0.25) is 39.5 Å². The minimum atomic E-state index is 0.781. The van der Waals surface area contributed by atoms with Crippen molar-refractivity contribution in [2.45, 2.75) is 72.6 Å². The van der Waals surface area contributed by atoms with Crippen LogP contribution in [0.2, 0.25) is 5.02 Å². The first-order valence-electron chi connectivity index (χ1n) is 43.4. The molecule has 0 N–H and O–H groups in total. The van der Waals surface area contributed by atoms with E-state index in [1.807, 2.05) is 36.9 Å². The highest BCUT2D eigenvalue weighted by atomic mass is 35.5. The van der Waals surface area contributed by atoms with E-state index in [0.717, 1.165) is 167 Å². The molecule has 4 aliphatic carbocycles. The number of allylic oxidation sites excluding steroid dienone is 4. The molecule has 20 rings (SSSR count). The number of pyridine rings is 4. The summed E-state index contributed by atoms with van der Waals surface area (Å²) in [5.74, 6) is 0. The van der Waals surface area contributed by atoms with E-state index in [4.69, 9.17) is 31.5 Å². The van der Waals surface area contributed by atoms with Crippen LogP contribution in [0.4, 0.5) is 0 Å². The zero-order valence-corrected chi connectivity index (χ0v) is 71.9. The van der Waals surface area contributed by atoms with Gasteiger partial charge in [-0.05, 0) is 180 Å². The molecule has 4 saturated heterocycles. The van der Waals surface area contributed by atoms with Crippen LogP contribution in [0.15, 0.2) is 267 Å². The molecule has 120 heavy (non-hydrogen) atoms. The van der Waals surface area contributed by atoms with Gasteiger partial charge in [-0.1, -0.05) is 229 Å². The molecule has 4 aliphatic heterocycles. The van der Waals surface area contributed by atoms with Crippen LogP contribution in [0.5, 0.6) is 0 Å². The van der Waals surface area contributed by atoms with Crippen LogP contribution >= 0.6 is 11.6 Å². The summed E-state index contributed by atoms with van der Waals surface area (Å²) in [5, 5.41) is 0.781. The Labute approximate surface area is 717 Å². The molecular formula is C107H113ClN12. The molecule has 12 aromatic rings. The summed E-state index contributed by atoms with van der Waals surface area (Å²) >= 11 is 6.17. The number of rotatable bonds is 16. The van der Waals surface area contributed by atoms with E-state index < -0.39 is 0 Å². The minimum Gasteiger partial charge on any atom is -0.304 e. The number of fused-ring (bicyclic) bond motifs is 4. The minimum absolute atomic E-state index is 0.781. The van der Waals surface area contributed by atoms with E-state index in [1.165, 1.54) is 167 Å². The zero-order chi connectivity index (χ0) is 82.0. The Morgan fingerprint density at radius 1 is 0.250 bits per heavy atom. The number of benzene rings is 8. The van der Waals surface area contributed by atoms with E-state index >= 15 is 0 Å². The first-order valence-corrected chi connectivity index (χ1v) is 43.8. The second kappa shape index (κ2) is 37.9. The summed E-state index contributed by atoms with van der Waals surface area (Å²) in [4.78, 5) is 38.9. The maximum absolute atomic E-state index is 6.17.